The summed E-state index contributed by atoms with van der Waals surface area (Å²) in [7, 11) is 1.34. The summed E-state index contributed by atoms with van der Waals surface area (Å²) in [6.45, 7) is -2.93. The van der Waals surface area contributed by atoms with Crippen molar-refractivity contribution in [2.24, 2.45) is 0 Å². The molecule has 0 saturated carbocycles. The van der Waals surface area contributed by atoms with E-state index in [2.05, 4.69) is 19.7 Å². The first-order valence-electron chi connectivity index (χ1n) is 7.35. The molecule has 0 N–H and O–H groups in total. The second kappa shape index (κ2) is 10.7. The zero-order valence-electron chi connectivity index (χ0n) is 14.8. The van der Waals surface area contributed by atoms with Gasteiger partial charge in [-0.25, -0.2) is 0 Å². The maximum Gasteiger partial charge on any atom is 1.00 e. The number of imidazole rings is 1. The quantitative estimate of drug-likeness (QED) is 0.502. The third kappa shape index (κ3) is 5.40. The standard InChI is InChI=1S/C16H14F2N3O4S.CH4.Na/c1-23-13-5-6-19-12(14(13)24-2)8-26(22)16-20-10-4-3-9(25-15(17)18)7-11(10)21-16;;/h3-7,15H,8H2,1-2H3;1H4;/q-1;;+1. The number of aromatic nitrogens is 3. The summed E-state index contributed by atoms with van der Waals surface area (Å²) in [4.78, 5) is 12.5. The average Bonchev–Trinajstić information content (AvgIpc) is 3.04. The monoisotopic (exact) mass is 421 g/mol. The number of halogens is 2. The number of benzene rings is 1. The van der Waals surface area contributed by atoms with Gasteiger partial charge in [-0.3, -0.25) is 9.19 Å². The number of fused-ring (bicyclic) bond motifs is 1. The molecular weight excluding hydrogens is 403 g/mol. The van der Waals surface area contributed by atoms with Crippen LogP contribution in [0, 0.1) is 0 Å². The Balaban J connectivity index is 0.00000196. The Bertz CT molecular complexity index is 955. The van der Waals surface area contributed by atoms with Crippen LogP contribution in [0.3, 0.4) is 0 Å². The van der Waals surface area contributed by atoms with E-state index in [0.29, 0.717) is 28.2 Å². The first kappa shape index (κ1) is 24.3. The number of hydrogen-bond donors (Lipinski definition) is 0. The molecule has 0 spiro atoms. The molecule has 2 heterocycles. The molecular formula is C17H18F2N3NaO4S. The van der Waals surface area contributed by atoms with E-state index in [0.717, 1.165) is 0 Å². The van der Waals surface area contributed by atoms with Crippen LogP contribution in [0.4, 0.5) is 8.78 Å². The fourth-order valence-corrected chi connectivity index (χ4v) is 3.32. The van der Waals surface area contributed by atoms with Crippen LogP contribution in [0.5, 0.6) is 17.2 Å². The zero-order chi connectivity index (χ0) is 18.7. The van der Waals surface area contributed by atoms with Gasteiger partial charge >= 0.3 is 36.2 Å². The van der Waals surface area contributed by atoms with Gasteiger partial charge in [0.1, 0.15) is 5.75 Å². The smallest absolute Gasteiger partial charge is 0.493 e. The van der Waals surface area contributed by atoms with Gasteiger partial charge in [0.05, 0.1) is 36.5 Å². The first-order chi connectivity index (χ1) is 12.5. The molecule has 3 rings (SSSR count). The molecule has 7 nitrogen and oxygen atoms in total. The molecule has 28 heavy (non-hydrogen) atoms. The second-order valence-electron chi connectivity index (χ2n) is 5.02. The summed E-state index contributed by atoms with van der Waals surface area (Å²) in [6.07, 6.45) is 1.52. The van der Waals surface area contributed by atoms with Crippen LogP contribution in [0.2, 0.25) is 0 Å². The Morgan fingerprint density at radius 2 is 1.96 bits per heavy atom. The molecule has 0 amide bonds. The van der Waals surface area contributed by atoms with E-state index < -0.39 is 17.4 Å². The Labute approximate surface area is 185 Å². The van der Waals surface area contributed by atoms with Crippen LogP contribution >= 0.6 is 0 Å². The zero-order valence-corrected chi connectivity index (χ0v) is 17.6. The molecule has 0 aliphatic carbocycles. The maximum absolute atomic E-state index is 12.6. The van der Waals surface area contributed by atoms with E-state index in [9.17, 15) is 13.0 Å². The van der Waals surface area contributed by atoms with E-state index in [1.807, 2.05) is 0 Å². The van der Waals surface area contributed by atoms with Crippen molar-refractivity contribution in [1.82, 2.24) is 15.0 Å². The van der Waals surface area contributed by atoms with Gasteiger partial charge in [-0.2, -0.15) is 8.78 Å². The summed E-state index contributed by atoms with van der Waals surface area (Å²) in [5.74, 6) is 0.821. The largest absolute Gasteiger partial charge is 1.00 e. The molecule has 0 radical (unpaired) electrons. The fraction of sp³-hybridized carbons (Fsp3) is 0.294. The van der Waals surface area contributed by atoms with Crippen molar-refractivity contribution in [2.45, 2.75) is 24.9 Å². The van der Waals surface area contributed by atoms with Crippen molar-refractivity contribution in [2.75, 3.05) is 14.2 Å². The van der Waals surface area contributed by atoms with Crippen molar-refractivity contribution in [3.8, 4) is 17.2 Å². The molecule has 0 bridgehead atoms. The molecule has 0 aliphatic rings. The third-order valence-corrected chi connectivity index (χ3v) is 4.57. The van der Waals surface area contributed by atoms with E-state index in [-0.39, 0.29) is 53.6 Å². The third-order valence-electron chi connectivity index (χ3n) is 3.44. The summed E-state index contributed by atoms with van der Waals surface area (Å²) in [5.41, 5.74) is 1.18. The van der Waals surface area contributed by atoms with E-state index in [1.54, 1.807) is 6.07 Å². The Morgan fingerprint density at radius 1 is 1.21 bits per heavy atom. The van der Waals surface area contributed by atoms with Crippen molar-refractivity contribution >= 4 is 21.8 Å². The van der Waals surface area contributed by atoms with E-state index in [1.165, 1.54) is 38.6 Å². The van der Waals surface area contributed by atoms with E-state index >= 15 is 0 Å². The molecule has 0 saturated heterocycles. The number of methoxy groups -OCH3 is 2. The SMILES string of the molecule is C.COc1ccnc(CS(=O)c2nc3cc(OC(F)F)ccc3[n-]2)c1OC.[Na+]. The molecule has 0 fully saturated rings. The van der Waals surface area contributed by atoms with Gasteiger partial charge in [-0.15, -0.1) is 0 Å². The van der Waals surface area contributed by atoms with Crippen molar-refractivity contribution < 1.29 is 56.8 Å². The normalized spacial score (nSPS) is 11.5. The predicted octanol–water partition coefficient (Wildman–Crippen LogP) is 0.153. The number of rotatable bonds is 7. The molecule has 1 unspecified atom stereocenters. The van der Waals surface area contributed by atoms with Crippen molar-refractivity contribution in [1.29, 1.82) is 0 Å². The molecule has 3 aromatic rings. The average molecular weight is 421 g/mol. The van der Waals surface area contributed by atoms with Gasteiger partial charge in [0.2, 0.25) is 0 Å². The van der Waals surface area contributed by atoms with Gasteiger partial charge in [0, 0.05) is 17.4 Å². The van der Waals surface area contributed by atoms with Crippen molar-refractivity contribution in [3.05, 3.63) is 36.2 Å². The number of pyridine rings is 1. The topological polar surface area (TPSA) is 84.6 Å². The number of nitrogens with zero attached hydrogens (tertiary/aromatic N) is 3. The van der Waals surface area contributed by atoms with Gasteiger partial charge in [0.15, 0.2) is 11.5 Å². The van der Waals surface area contributed by atoms with Gasteiger partial charge in [-0.05, 0) is 23.2 Å². The molecule has 1 aromatic carbocycles. The minimum absolute atomic E-state index is 0. The van der Waals surface area contributed by atoms with Crippen molar-refractivity contribution in [3.63, 3.8) is 0 Å². The number of alkyl halides is 2. The van der Waals surface area contributed by atoms with Crippen LogP contribution in [-0.2, 0) is 16.6 Å². The molecule has 2 aromatic heterocycles. The summed E-state index contributed by atoms with van der Waals surface area (Å²) in [5, 5.41) is 0.0702. The van der Waals surface area contributed by atoms with Crippen LogP contribution in [0.15, 0.2) is 35.6 Å². The Hall–Kier alpha value is -1.75. The Kier molecular flexibility index (Phi) is 9.28. The Morgan fingerprint density at radius 3 is 2.61 bits per heavy atom. The van der Waals surface area contributed by atoms with Crippen LogP contribution < -0.4 is 48.8 Å². The minimum atomic E-state index is -2.93. The molecule has 0 aliphatic heterocycles. The van der Waals surface area contributed by atoms with Crippen LogP contribution in [-0.4, -0.2) is 35.0 Å². The summed E-state index contributed by atoms with van der Waals surface area (Å²) in [6, 6.07) is 5.77. The van der Waals surface area contributed by atoms with Gasteiger partial charge in [0.25, 0.3) is 0 Å². The number of hydrogen-bond acceptors (Lipinski definition) is 6. The molecule has 146 valence electrons. The van der Waals surface area contributed by atoms with Gasteiger partial charge in [-0.1, -0.05) is 13.5 Å². The maximum atomic E-state index is 12.6. The second-order valence-corrected chi connectivity index (χ2v) is 6.36. The fourth-order valence-electron chi connectivity index (χ4n) is 2.34. The predicted molar refractivity (Wildman–Crippen MR) is 95.9 cm³/mol. The first-order valence-corrected chi connectivity index (χ1v) is 8.67. The van der Waals surface area contributed by atoms with E-state index in [4.69, 9.17) is 9.47 Å². The molecule has 1 atom stereocenters. The summed E-state index contributed by atoms with van der Waals surface area (Å²) >= 11 is 0. The van der Waals surface area contributed by atoms with Gasteiger partial charge < -0.3 is 24.2 Å². The molecule has 11 heteroatoms. The minimum Gasteiger partial charge on any atom is -0.493 e. The summed E-state index contributed by atoms with van der Waals surface area (Å²) < 4.78 is 52.0. The number of ether oxygens (including phenoxy) is 3. The van der Waals surface area contributed by atoms with Crippen LogP contribution in [0.25, 0.3) is 11.0 Å². The van der Waals surface area contributed by atoms with Crippen LogP contribution in [0.1, 0.15) is 13.1 Å².